The van der Waals surface area contributed by atoms with E-state index in [1.165, 1.54) is 0 Å². The molecule has 0 spiro atoms. The highest BCUT2D eigenvalue weighted by Crippen LogP contribution is 2.14. The number of aryl methyl sites for hydroxylation is 1. The normalized spacial score (nSPS) is 23.9. The van der Waals surface area contributed by atoms with Crippen LogP contribution in [0.4, 0.5) is 0 Å². The second-order valence-corrected chi connectivity index (χ2v) is 5.03. The molecule has 1 unspecified atom stereocenters. The topological polar surface area (TPSA) is 46.1 Å². The first-order valence-corrected chi connectivity index (χ1v) is 6.33. The number of carbonyl (C=O) groups is 1. The number of rotatable bonds is 4. The second kappa shape index (κ2) is 4.92. The Bertz CT molecular complexity index is 391. The van der Waals surface area contributed by atoms with Crippen molar-refractivity contribution in [2.45, 2.75) is 38.8 Å². The van der Waals surface area contributed by atoms with Gasteiger partial charge in [-0.05, 0) is 38.4 Å². The molecule has 1 fully saturated rings. The maximum atomic E-state index is 12.2. The molecular formula is C13H21N3O. The van der Waals surface area contributed by atoms with Gasteiger partial charge in [0.25, 0.3) is 5.91 Å². The number of aromatic nitrogens is 1. The summed E-state index contributed by atoms with van der Waals surface area (Å²) in [5.41, 5.74) is 0.665. The lowest BCUT2D eigenvalue weighted by Crippen LogP contribution is -2.47. The lowest BCUT2D eigenvalue weighted by molar-refractivity contribution is 0.0903. The number of nitrogens with one attached hydrogen (secondary N) is 2. The van der Waals surface area contributed by atoms with Crippen LogP contribution in [0.5, 0.6) is 0 Å². The molecule has 2 N–H and O–H groups in total. The van der Waals surface area contributed by atoms with Crippen molar-refractivity contribution in [3.63, 3.8) is 0 Å². The molecule has 4 heteroatoms. The first kappa shape index (κ1) is 12.2. The van der Waals surface area contributed by atoms with Gasteiger partial charge in [-0.25, -0.2) is 0 Å². The standard InChI is InChI=1S/C13H21N3O/c1-3-8-16-9-4-5-11(16)12(17)15-13(2)6-7-14-10-13/h4-5,9,14H,3,6-8,10H2,1-2H3,(H,15,17). The van der Waals surface area contributed by atoms with E-state index in [-0.39, 0.29) is 11.4 Å². The van der Waals surface area contributed by atoms with Gasteiger partial charge in [-0.15, -0.1) is 0 Å². The molecule has 94 valence electrons. The SMILES string of the molecule is CCCn1cccc1C(=O)NC1(C)CCNC1. The van der Waals surface area contributed by atoms with E-state index in [9.17, 15) is 4.79 Å². The summed E-state index contributed by atoms with van der Waals surface area (Å²) in [6, 6.07) is 3.82. The van der Waals surface area contributed by atoms with Crippen LogP contribution in [0.2, 0.25) is 0 Å². The fraction of sp³-hybridized carbons (Fsp3) is 0.615. The van der Waals surface area contributed by atoms with Crippen molar-refractivity contribution in [2.75, 3.05) is 13.1 Å². The first-order valence-electron chi connectivity index (χ1n) is 6.33. The predicted molar refractivity (Wildman–Crippen MR) is 68.1 cm³/mol. The molecule has 0 bridgehead atoms. The summed E-state index contributed by atoms with van der Waals surface area (Å²) in [6.07, 6.45) is 3.99. The minimum Gasteiger partial charge on any atom is -0.344 e. The molecule has 0 aromatic carbocycles. The van der Waals surface area contributed by atoms with Crippen LogP contribution in [0.15, 0.2) is 18.3 Å². The van der Waals surface area contributed by atoms with E-state index in [1.807, 2.05) is 22.9 Å². The lowest BCUT2D eigenvalue weighted by atomic mass is 10.0. The Morgan fingerprint density at radius 2 is 2.47 bits per heavy atom. The van der Waals surface area contributed by atoms with Crippen molar-refractivity contribution in [2.24, 2.45) is 0 Å². The fourth-order valence-corrected chi connectivity index (χ4v) is 2.32. The Balaban J connectivity index is 2.06. The van der Waals surface area contributed by atoms with E-state index in [2.05, 4.69) is 24.5 Å². The Morgan fingerprint density at radius 3 is 3.12 bits per heavy atom. The number of nitrogens with zero attached hydrogens (tertiary/aromatic N) is 1. The van der Waals surface area contributed by atoms with E-state index < -0.39 is 0 Å². The highest BCUT2D eigenvalue weighted by molar-refractivity contribution is 5.93. The van der Waals surface area contributed by atoms with Crippen molar-refractivity contribution < 1.29 is 4.79 Å². The largest absolute Gasteiger partial charge is 0.344 e. The molecule has 2 heterocycles. The van der Waals surface area contributed by atoms with Crippen LogP contribution in [-0.4, -0.2) is 29.1 Å². The minimum atomic E-state index is -0.0988. The van der Waals surface area contributed by atoms with Gasteiger partial charge in [-0.1, -0.05) is 6.92 Å². The van der Waals surface area contributed by atoms with Crippen LogP contribution in [-0.2, 0) is 6.54 Å². The van der Waals surface area contributed by atoms with Gasteiger partial charge in [0.05, 0.1) is 5.54 Å². The highest BCUT2D eigenvalue weighted by Gasteiger charge is 2.30. The highest BCUT2D eigenvalue weighted by atomic mass is 16.2. The van der Waals surface area contributed by atoms with Crippen LogP contribution < -0.4 is 10.6 Å². The first-order chi connectivity index (χ1) is 8.14. The number of amides is 1. The third-order valence-electron chi connectivity index (χ3n) is 3.31. The van der Waals surface area contributed by atoms with Gasteiger partial charge in [0.1, 0.15) is 5.69 Å². The average molecular weight is 235 g/mol. The molecule has 1 saturated heterocycles. The third-order valence-corrected chi connectivity index (χ3v) is 3.31. The summed E-state index contributed by atoms with van der Waals surface area (Å²) in [6.45, 7) is 6.94. The Labute approximate surface area is 102 Å². The van der Waals surface area contributed by atoms with E-state index in [0.29, 0.717) is 0 Å². The smallest absolute Gasteiger partial charge is 0.268 e. The van der Waals surface area contributed by atoms with Crippen molar-refractivity contribution in [3.8, 4) is 0 Å². The molecule has 2 rings (SSSR count). The van der Waals surface area contributed by atoms with Gasteiger partial charge < -0.3 is 15.2 Å². The van der Waals surface area contributed by atoms with Crippen LogP contribution in [0, 0.1) is 0 Å². The molecule has 17 heavy (non-hydrogen) atoms. The fourth-order valence-electron chi connectivity index (χ4n) is 2.32. The van der Waals surface area contributed by atoms with Gasteiger partial charge in [-0.2, -0.15) is 0 Å². The van der Waals surface area contributed by atoms with Crippen LogP contribution in [0.3, 0.4) is 0 Å². The van der Waals surface area contributed by atoms with Crippen molar-refractivity contribution in [3.05, 3.63) is 24.0 Å². The van der Waals surface area contributed by atoms with Gasteiger partial charge in [0, 0.05) is 19.3 Å². The Kier molecular flexibility index (Phi) is 3.52. The molecular weight excluding hydrogens is 214 g/mol. The summed E-state index contributed by atoms with van der Waals surface area (Å²) in [5, 5.41) is 6.42. The molecule has 0 radical (unpaired) electrons. The molecule has 1 aromatic rings. The van der Waals surface area contributed by atoms with Gasteiger partial charge >= 0.3 is 0 Å². The summed E-state index contributed by atoms with van der Waals surface area (Å²) < 4.78 is 2.01. The monoisotopic (exact) mass is 235 g/mol. The summed E-state index contributed by atoms with van der Waals surface area (Å²) in [4.78, 5) is 12.2. The third kappa shape index (κ3) is 2.69. The molecule has 0 aliphatic carbocycles. The Morgan fingerprint density at radius 1 is 1.65 bits per heavy atom. The van der Waals surface area contributed by atoms with Crippen LogP contribution in [0.1, 0.15) is 37.2 Å². The van der Waals surface area contributed by atoms with Gasteiger partial charge in [-0.3, -0.25) is 4.79 Å². The number of hydrogen-bond acceptors (Lipinski definition) is 2. The summed E-state index contributed by atoms with van der Waals surface area (Å²) >= 11 is 0. The molecule has 1 atom stereocenters. The van der Waals surface area contributed by atoms with E-state index in [4.69, 9.17) is 0 Å². The molecule has 1 aliphatic rings. The van der Waals surface area contributed by atoms with Crippen LogP contribution in [0.25, 0.3) is 0 Å². The van der Waals surface area contributed by atoms with Crippen LogP contribution >= 0.6 is 0 Å². The summed E-state index contributed by atoms with van der Waals surface area (Å²) in [5.74, 6) is 0.0367. The lowest BCUT2D eigenvalue weighted by Gasteiger charge is -2.24. The van der Waals surface area contributed by atoms with Crippen molar-refractivity contribution in [1.29, 1.82) is 0 Å². The number of carbonyl (C=O) groups excluding carboxylic acids is 1. The van der Waals surface area contributed by atoms with E-state index >= 15 is 0 Å². The molecule has 4 nitrogen and oxygen atoms in total. The Hall–Kier alpha value is -1.29. The maximum Gasteiger partial charge on any atom is 0.268 e. The number of hydrogen-bond donors (Lipinski definition) is 2. The molecule has 1 aromatic heterocycles. The van der Waals surface area contributed by atoms with Gasteiger partial charge in [0.2, 0.25) is 0 Å². The summed E-state index contributed by atoms with van der Waals surface area (Å²) in [7, 11) is 0. The zero-order valence-electron chi connectivity index (χ0n) is 10.6. The van der Waals surface area contributed by atoms with Crippen molar-refractivity contribution >= 4 is 5.91 Å². The zero-order chi connectivity index (χ0) is 12.3. The zero-order valence-corrected chi connectivity index (χ0v) is 10.6. The average Bonchev–Trinajstić information content (AvgIpc) is 2.88. The van der Waals surface area contributed by atoms with Gasteiger partial charge in [0.15, 0.2) is 0 Å². The second-order valence-electron chi connectivity index (χ2n) is 5.03. The maximum absolute atomic E-state index is 12.2. The minimum absolute atomic E-state index is 0.0367. The molecule has 1 amide bonds. The molecule has 0 saturated carbocycles. The van der Waals surface area contributed by atoms with Crippen molar-refractivity contribution in [1.82, 2.24) is 15.2 Å². The molecule has 1 aliphatic heterocycles. The van der Waals surface area contributed by atoms with E-state index in [0.717, 1.165) is 38.2 Å². The predicted octanol–water partition coefficient (Wildman–Crippen LogP) is 1.38. The quantitative estimate of drug-likeness (QED) is 0.828. The van der Waals surface area contributed by atoms with E-state index in [1.54, 1.807) is 0 Å².